The van der Waals surface area contributed by atoms with E-state index < -0.39 is 26.2 Å². The Kier molecular flexibility index (Phi) is 5.83. The number of halogens is 4. The summed E-state index contributed by atoms with van der Waals surface area (Å²) in [5.74, 6) is -1.36. The van der Waals surface area contributed by atoms with Crippen molar-refractivity contribution >= 4 is 73.1 Å². The predicted octanol–water partition coefficient (Wildman–Crippen LogP) is 4.66. The fourth-order valence-corrected chi connectivity index (χ4v) is 5.98. The first-order valence-electron chi connectivity index (χ1n) is 8.87. The number of sulfonamides is 1. The molecule has 0 spiro atoms. The Balaban J connectivity index is 1.70. The van der Waals surface area contributed by atoms with E-state index in [-0.39, 0.29) is 38.3 Å². The molecule has 0 radical (unpaired) electrons. The van der Waals surface area contributed by atoms with E-state index in [1.54, 1.807) is 13.8 Å². The molecule has 4 rings (SSSR count). The lowest BCUT2D eigenvalue weighted by molar-refractivity contribution is -0.122. The molecule has 1 aliphatic rings. The van der Waals surface area contributed by atoms with Gasteiger partial charge in [0.05, 0.1) is 28.9 Å². The normalized spacial score (nSPS) is 15.2. The molecule has 0 saturated carbocycles. The fourth-order valence-electron chi connectivity index (χ4n) is 3.42. The number of rotatable bonds is 5. The summed E-state index contributed by atoms with van der Waals surface area (Å²) in [6.45, 7) is 3.25. The summed E-state index contributed by atoms with van der Waals surface area (Å²) in [7, 11) is -4.29. The zero-order valence-corrected chi connectivity index (χ0v) is 20.3. The van der Waals surface area contributed by atoms with Crippen LogP contribution in [0.25, 0.3) is 0 Å². The lowest BCUT2D eigenvalue weighted by atomic mass is 9.87. The third-order valence-electron chi connectivity index (χ3n) is 4.95. The molecular formula is C18H13Cl3FN5O3S2. The van der Waals surface area contributed by atoms with Crippen LogP contribution in [0, 0.1) is 5.82 Å². The predicted molar refractivity (Wildman–Crippen MR) is 121 cm³/mol. The Labute approximate surface area is 201 Å². The summed E-state index contributed by atoms with van der Waals surface area (Å²) in [6, 6.07) is 1.95. The van der Waals surface area contributed by atoms with Gasteiger partial charge < -0.3 is 4.90 Å². The van der Waals surface area contributed by atoms with Crippen molar-refractivity contribution in [3.63, 3.8) is 0 Å². The number of amides is 1. The Bertz CT molecular complexity index is 1350. The molecule has 1 aromatic carbocycles. The molecule has 32 heavy (non-hydrogen) atoms. The van der Waals surface area contributed by atoms with Crippen LogP contribution < -0.4 is 9.62 Å². The van der Waals surface area contributed by atoms with Gasteiger partial charge in [-0.1, -0.05) is 34.8 Å². The number of fused-ring (bicyclic) bond motifs is 1. The molecule has 3 heterocycles. The maximum Gasteiger partial charge on any atom is 0.266 e. The number of hydrogen-bond acceptors (Lipinski definition) is 7. The average molecular weight is 537 g/mol. The summed E-state index contributed by atoms with van der Waals surface area (Å²) in [6.07, 6.45) is 2.57. The smallest absolute Gasteiger partial charge is 0.266 e. The van der Waals surface area contributed by atoms with Crippen LogP contribution in [0.1, 0.15) is 25.0 Å². The van der Waals surface area contributed by atoms with Crippen LogP contribution in [0.3, 0.4) is 0 Å². The first-order valence-corrected chi connectivity index (χ1v) is 12.3. The molecule has 14 heteroatoms. The first kappa shape index (κ1) is 23.1. The molecule has 0 atom stereocenters. The number of carbonyl (C=O) groups is 1. The Morgan fingerprint density at radius 2 is 1.94 bits per heavy atom. The summed E-state index contributed by atoms with van der Waals surface area (Å²) in [4.78, 5) is 21.5. The molecular weight excluding hydrogens is 524 g/mol. The lowest BCUT2D eigenvalue weighted by Crippen LogP contribution is -2.36. The van der Waals surface area contributed by atoms with Crippen molar-refractivity contribution < 1.29 is 17.6 Å². The molecule has 0 bridgehead atoms. The fraction of sp³-hybridized carbons (Fsp3) is 0.222. The van der Waals surface area contributed by atoms with E-state index in [2.05, 4.69) is 19.1 Å². The van der Waals surface area contributed by atoms with Crippen molar-refractivity contribution in [1.82, 2.24) is 14.3 Å². The van der Waals surface area contributed by atoms with Crippen LogP contribution in [0.2, 0.25) is 15.2 Å². The minimum absolute atomic E-state index is 0.0193. The van der Waals surface area contributed by atoms with Gasteiger partial charge in [-0.15, -0.1) is 0 Å². The first-order chi connectivity index (χ1) is 14.9. The van der Waals surface area contributed by atoms with Crippen molar-refractivity contribution in [2.24, 2.45) is 0 Å². The summed E-state index contributed by atoms with van der Waals surface area (Å²) < 4.78 is 45.7. The second kappa shape index (κ2) is 8.07. The topological polar surface area (TPSA) is 105 Å². The molecule has 8 nitrogen and oxygen atoms in total. The molecule has 0 aliphatic carbocycles. The summed E-state index contributed by atoms with van der Waals surface area (Å²) in [5.41, 5.74) is 0.114. The van der Waals surface area contributed by atoms with E-state index in [1.807, 2.05) is 0 Å². The molecule has 3 aromatic rings. The molecule has 1 N–H and O–H groups in total. The van der Waals surface area contributed by atoms with Gasteiger partial charge in [0, 0.05) is 22.1 Å². The zero-order valence-electron chi connectivity index (χ0n) is 16.4. The van der Waals surface area contributed by atoms with Gasteiger partial charge in [0.25, 0.3) is 10.0 Å². The summed E-state index contributed by atoms with van der Waals surface area (Å²) in [5, 5.41) is 0.159. The highest BCUT2D eigenvalue weighted by molar-refractivity contribution is 7.93. The highest BCUT2D eigenvalue weighted by Crippen LogP contribution is 2.47. The number of pyridine rings is 1. The Hall–Kier alpha value is -2.05. The molecule has 2 aromatic heterocycles. The maximum absolute atomic E-state index is 14.8. The van der Waals surface area contributed by atoms with Crippen LogP contribution in [0.4, 0.5) is 15.2 Å². The van der Waals surface area contributed by atoms with E-state index in [9.17, 15) is 17.6 Å². The number of benzene rings is 1. The number of nitrogens with one attached hydrogen (secondary N) is 1. The Morgan fingerprint density at radius 3 is 2.59 bits per heavy atom. The second-order valence-corrected chi connectivity index (χ2v) is 10.9. The highest BCUT2D eigenvalue weighted by atomic mass is 35.5. The van der Waals surface area contributed by atoms with Crippen LogP contribution in [-0.2, 0) is 26.8 Å². The van der Waals surface area contributed by atoms with Gasteiger partial charge in [-0.25, -0.2) is 22.8 Å². The SMILES string of the molecule is CC1(C)C(=O)N(Cc2cc(F)c(S(=O)(=O)Nc3ncns3)cc2Cl)c2cnc(Cl)c(Cl)c21. The van der Waals surface area contributed by atoms with Gasteiger partial charge in [-0.3, -0.25) is 9.52 Å². The van der Waals surface area contributed by atoms with Crippen molar-refractivity contribution in [3.05, 3.63) is 56.8 Å². The maximum atomic E-state index is 14.8. The van der Waals surface area contributed by atoms with Crippen LogP contribution in [0.15, 0.2) is 29.6 Å². The van der Waals surface area contributed by atoms with Gasteiger partial charge in [0.1, 0.15) is 22.2 Å². The van der Waals surface area contributed by atoms with Gasteiger partial charge in [0.15, 0.2) is 0 Å². The van der Waals surface area contributed by atoms with E-state index in [0.717, 1.165) is 30.0 Å². The third-order valence-corrected chi connectivity index (χ3v) is 8.12. The average Bonchev–Trinajstić information content (AvgIpc) is 3.27. The minimum atomic E-state index is -4.29. The van der Waals surface area contributed by atoms with E-state index in [0.29, 0.717) is 11.3 Å². The van der Waals surface area contributed by atoms with Crippen LogP contribution >= 0.6 is 46.3 Å². The van der Waals surface area contributed by atoms with Gasteiger partial charge in [-0.2, -0.15) is 4.37 Å². The van der Waals surface area contributed by atoms with Crippen molar-refractivity contribution in [2.45, 2.75) is 30.7 Å². The Morgan fingerprint density at radius 1 is 1.22 bits per heavy atom. The standard InChI is InChI=1S/C18H13Cl3FN5O3S2/c1-18(2)13-11(5-23-15(21)14(13)20)27(16(18)28)6-8-3-10(22)12(4-9(8)19)32(29,30)26-17-24-7-25-31-17/h3-5,7H,6H2,1-2H3,(H,24,25,26). The number of anilines is 2. The van der Waals surface area contributed by atoms with Crippen LogP contribution in [-0.4, -0.2) is 28.7 Å². The summed E-state index contributed by atoms with van der Waals surface area (Å²) >= 11 is 19.4. The van der Waals surface area contributed by atoms with Gasteiger partial charge >= 0.3 is 0 Å². The molecule has 0 unspecified atom stereocenters. The van der Waals surface area contributed by atoms with Crippen molar-refractivity contribution in [1.29, 1.82) is 0 Å². The second-order valence-electron chi connectivity index (χ2n) is 7.37. The highest BCUT2D eigenvalue weighted by Gasteiger charge is 2.46. The van der Waals surface area contributed by atoms with E-state index in [4.69, 9.17) is 34.8 Å². The molecule has 0 fully saturated rings. The molecule has 1 aliphatic heterocycles. The monoisotopic (exact) mass is 535 g/mol. The largest absolute Gasteiger partial charge is 0.305 e. The van der Waals surface area contributed by atoms with Crippen molar-refractivity contribution in [3.8, 4) is 0 Å². The van der Waals surface area contributed by atoms with E-state index >= 15 is 0 Å². The minimum Gasteiger partial charge on any atom is -0.305 e. The molecule has 0 saturated heterocycles. The molecule has 1 amide bonds. The molecule has 168 valence electrons. The number of carbonyl (C=O) groups excluding carboxylic acids is 1. The van der Waals surface area contributed by atoms with Crippen LogP contribution in [0.5, 0.6) is 0 Å². The third kappa shape index (κ3) is 3.81. The number of nitrogens with zero attached hydrogens (tertiary/aromatic N) is 4. The lowest BCUT2D eigenvalue weighted by Gasteiger charge is -2.21. The quantitative estimate of drug-likeness (QED) is 0.476. The number of hydrogen-bond donors (Lipinski definition) is 1. The number of aromatic nitrogens is 3. The van der Waals surface area contributed by atoms with Gasteiger partial charge in [-0.05, 0) is 31.5 Å². The van der Waals surface area contributed by atoms with Crippen molar-refractivity contribution in [2.75, 3.05) is 9.62 Å². The van der Waals surface area contributed by atoms with E-state index in [1.165, 1.54) is 11.1 Å². The van der Waals surface area contributed by atoms with Gasteiger partial charge in [0.2, 0.25) is 11.0 Å². The zero-order chi connectivity index (χ0) is 23.4.